The van der Waals surface area contributed by atoms with E-state index in [1.165, 1.54) is 0 Å². The second-order valence-electron chi connectivity index (χ2n) is 7.45. The van der Waals surface area contributed by atoms with Gasteiger partial charge in [-0.15, -0.1) is 0 Å². The highest BCUT2D eigenvalue weighted by atomic mass is 16.5. The number of benzene rings is 2. The molecule has 0 aliphatic carbocycles. The lowest BCUT2D eigenvalue weighted by Gasteiger charge is -2.35. The lowest BCUT2D eigenvalue weighted by molar-refractivity contribution is -0.0586. The maximum absolute atomic E-state index is 13.5. The molecule has 0 bridgehead atoms. The minimum Gasteiger partial charge on any atom is -0.372 e. The van der Waals surface area contributed by atoms with Crippen LogP contribution in [0.2, 0.25) is 0 Å². The number of hydrogen-bond donors (Lipinski definition) is 0. The van der Waals surface area contributed by atoms with Crippen molar-refractivity contribution in [3.05, 3.63) is 71.9 Å². The van der Waals surface area contributed by atoms with E-state index in [9.17, 15) is 4.79 Å². The van der Waals surface area contributed by atoms with Crippen molar-refractivity contribution in [1.29, 1.82) is 0 Å². The number of rotatable bonds is 3. The quantitative estimate of drug-likeness (QED) is 0.692. The third kappa shape index (κ3) is 3.58. The molecule has 28 heavy (non-hydrogen) atoms. The molecule has 0 saturated carbocycles. The highest BCUT2D eigenvalue weighted by Crippen LogP contribution is 2.28. The maximum Gasteiger partial charge on any atom is 0.257 e. The SMILES string of the molecule is Cc1ccccc1-c1nn(-c2ccccc2)cc1C(=O)N1C[C@H](C)O[C@@H](C)C1. The van der Waals surface area contributed by atoms with E-state index in [0.29, 0.717) is 18.7 Å². The van der Waals surface area contributed by atoms with Gasteiger partial charge in [0, 0.05) is 24.8 Å². The highest BCUT2D eigenvalue weighted by Gasteiger charge is 2.30. The Hall–Kier alpha value is -2.92. The van der Waals surface area contributed by atoms with E-state index in [-0.39, 0.29) is 18.1 Å². The molecule has 5 nitrogen and oxygen atoms in total. The number of carbonyl (C=O) groups is 1. The molecule has 0 spiro atoms. The number of morpholine rings is 1. The molecule has 2 heterocycles. The van der Waals surface area contributed by atoms with Crippen molar-refractivity contribution in [3.8, 4) is 16.9 Å². The van der Waals surface area contributed by atoms with Crippen LogP contribution in [-0.2, 0) is 4.74 Å². The monoisotopic (exact) mass is 375 g/mol. The van der Waals surface area contributed by atoms with E-state index in [1.807, 2.05) is 86.5 Å². The molecule has 2 atom stereocenters. The second kappa shape index (κ2) is 7.60. The molecular weight excluding hydrogens is 350 g/mol. The van der Waals surface area contributed by atoms with Gasteiger partial charge < -0.3 is 9.64 Å². The van der Waals surface area contributed by atoms with Gasteiger partial charge in [0.25, 0.3) is 5.91 Å². The van der Waals surface area contributed by atoms with Crippen LogP contribution in [0.5, 0.6) is 0 Å². The third-order valence-corrected chi connectivity index (χ3v) is 5.07. The van der Waals surface area contributed by atoms with Gasteiger partial charge >= 0.3 is 0 Å². The largest absolute Gasteiger partial charge is 0.372 e. The molecule has 2 aromatic carbocycles. The number of aromatic nitrogens is 2. The van der Waals surface area contributed by atoms with Crippen LogP contribution >= 0.6 is 0 Å². The van der Waals surface area contributed by atoms with Crippen LogP contribution in [0.25, 0.3) is 16.9 Å². The number of ether oxygens (including phenoxy) is 1. The third-order valence-electron chi connectivity index (χ3n) is 5.07. The predicted octanol–water partition coefficient (Wildman–Crippen LogP) is 4.10. The number of amides is 1. The Morgan fingerprint density at radius 3 is 2.32 bits per heavy atom. The van der Waals surface area contributed by atoms with E-state index in [0.717, 1.165) is 22.5 Å². The molecule has 0 unspecified atom stereocenters. The van der Waals surface area contributed by atoms with Crippen molar-refractivity contribution in [2.24, 2.45) is 0 Å². The molecule has 1 aliphatic heterocycles. The van der Waals surface area contributed by atoms with Crippen LogP contribution in [0, 0.1) is 6.92 Å². The summed E-state index contributed by atoms with van der Waals surface area (Å²) in [4.78, 5) is 15.3. The molecule has 5 heteroatoms. The number of nitrogens with zero attached hydrogens (tertiary/aromatic N) is 3. The number of para-hydroxylation sites is 1. The fourth-order valence-electron chi connectivity index (χ4n) is 3.80. The lowest BCUT2D eigenvalue weighted by atomic mass is 10.0. The zero-order valence-electron chi connectivity index (χ0n) is 16.5. The van der Waals surface area contributed by atoms with Gasteiger partial charge in [0.2, 0.25) is 0 Å². The van der Waals surface area contributed by atoms with Crippen LogP contribution in [0.15, 0.2) is 60.8 Å². The standard InChI is InChI=1S/C23H25N3O2/c1-16-9-7-8-12-20(16)22-21(15-26(24-22)19-10-5-4-6-11-19)23(27)25-13-17(2)28-18(3)14-25/h4-12,15,17-18H,13-14H2,1-3H3/t17-,18-/m0/s1. The summed E-state index contributed by atoms with van der Waals surface area (Å²) in [5, 5.41) is 4.80. The molecule has 1 saturated heterocycles. The summed E-state index contributed by atoms with van der Waals surface area (Å²) in [6.07, 6.45) is 1.90. The topological polar surface area (TPSA) is 47.4 Å². The van der Waals surface area contributed by atoms with Crippen molar-refractivity contribution in [2.45, 2.75) is 33.0 Å². The van der Waals surface area contributed by atoms with E-state index < -0.39 is 0 Å². The highest BCUT2D eigenvalue weighted by molar-refractivity contribution is 6.00. The fourth-order valence-corrected chi connectivity index (χ4v) is 3.80. The molecule has 1 aromatic heterocycles. The summed E-state index contributed by atoms with van der Waals surface area (Å²) in [6, 6.07) is 17.9. The summed E-state index contributed by atoms with van der Waals surface area (Å²) in [5.41, 5.74) is 4.35. The van der Waals surface area contributed by atoms with Gasteiger partial charge in [0.05, 0.1) is 23.5 Å². The van der Waals surface area contributed by atoms with Gasteiger partial charge in [-0.2, -0.15) is 5.10 Å². The summed E-state index contributed by atoms with van der Waals surface area (Å²) in [7, 11) is 0. The maximum atomic E-state index is 13.5. The molecule has 1 aliphatic rings. The van der Waals surface area contributed by atoms with Crippen LogP contribution in [0.4, 0.5) is 0 Å². The Balaban J connectivity index is 1.80. The summed E-state index contributed by atoms with van der Waals surface area (Å²) in [5.74, 6) is 0.00225. The van der Waals surface area contributed by atoms with Crippen LogP contribution in [0.1, 0.15) is 29.8 Å². The molecule has 3 aromatic rings. The molecule has 0 N–H and O–H groups in total. The first-order valence-corrected chi connectivity index (χ1v) is 9.68. The van der Waals surface area contributed by atoms with Crippen LogP contribution < -0.4 is 0 Å². The smallest absolute Gasteiger partial charge is 0.257 e. The minimum atomic E-state index is 0.00225. The number of hydrogen-bond acceptors (Lipinski definition) is 3. The first kappa shape index (κ1) is 18.4. The van der Waals surface area contributed by atoms with Crippen LogP contribution in [0.3, 0.4) is 0 Å². The van der Waals surface area contributed by atoms with Crippen LogP contribution in [-0.4, -0.2) is 45.9 Å². The number of carbonyl (C=O) groups excluding carboxylic acids is 1. The Bertz CT molecular complexity index is 971. The van der Waals surface area contributed by atoms with Gasteiger partial charge in [-0.05, 0) is 38.5 Å². The van der Waals surface area contributed by atoms with E-state index >= 15 is 0 Å². The van der Waals surface area contributed by atoms with Crippen molar-refractivity contribution in [2.75, 3.05) is 13.1 Å². The molecular formula is C23H25N3O2. The van der Waals surface area contributed by atoms with E-state index in [2.05, 4.69) is 0 Å². The van der Waals surface area contributed by atoms with Crippen molar-refractivity contribution < 1.29 is 9.53 Å². The van der Waals surface area contributed by atoms with Gasteiger partial charge in [0.1, 0.15) is 5.69 Å². The Morgan fingerprint density at radius 1 is 1.00 bits per heavy atom. The average molecular weight is 375 g/mol. The normalized spacial score (nSPS) is 19.6. The zero-order valence-corrected chi connectivity index (χ0v) is 16.5. The summed E-state index contributed by atoms with van der Waals surface area (Å²) in [6.45, 7) is 7.24. The predicted molar refractivity (Wildman–Crippen MR) is 110 cm³/mol. The summed E-state index contributed by atoms with van der Waals surface area (Å²) >= 11 is 0. The van der Waals surface area contributed by atoms with Gasteiger partial charge in [-0.25, -0.2) is 4.68 Å². The number of aryl methyl sites for hydroxylation is 1. The van der Waals surface area contributed by atoms with Crippen molar-refractivity contribution >= 4 is 5.91 Å². The fraction of sp³-hybridized carbons (Fsp3) is 0.304. The van der Waals surface area contributed by atoms with E-state index in [1.54, 1.807) is 4.68 Å². The van der Waals surface area contributed by atoms with Gasteiger partial charge in [-0.3, -0.25) is 4.79 Å². The molecule has 1 fully saturated rings. The molecule has 4 rings (SSSR count). The summed E-state index contributed by atoms with van der Waals surface area (Å²) < 4.78 is 7.59. The van der Waals surface area contributed by atoms with E-state index in [4.69, 9.17) is 9.84 Å². The van der Waals surface area contributed by atoms with Crippen molar-refractivity contribution in [3.63, 3.8) is 0 Å². The average Bonchev–Trinajstić information content (AvgIpc) is 3.13. The Morgan fingerprint density at radius 2 is 1.64 bits per heavy atom. The Kier molecular flexibility index (Phi) is 5.01. The van der Waals surface area contributed by atoms with Gasteiger partial charge in [0.15, 0.2) is 0 Å². The molecule has 1 amide bonds. The minimum absolute atomic E-state index is 0.00225. The van der Waals surface area contributed by atoms with Gasteiger partial charge in [-0.1, -0.05) is 42.5 Å². The second-order valence-corrected chi connectivity index (χ2v) is 7.45. The first-order chi connectivity index (χ1) is 13.5. The molecule has 144 valence electrons. The first-order valence-electron chi connectivity index (χ1n) is 9.68. The lowest BCUT2D eigenvalue weighted by Crippen LogP contribution is -2.48. The van der Waals surface area contributed by atoms with Crippen molar-refractivity contribution in [1.82, 2.24) is 14.7 Å². The Labute approximate surface area is 165 Å². The zero-order chi connectivity index (χ0) is 19.7. The molecule has 0 radical (unpaired) electrons.